The van der Waals surface area contributed by atoms with Crippen LogP contribution in [-0.2, 0) is 17.7 Å². The van der Waals surface area contributed by atoms with Gasteiger partial charge in [0, 0.05) is 46.2 Å². The molecule has 2 N–H and O–H groups in total. The summed E-state index contributed by atoms with van der Waals surface area (Å²) in [5.74, 6) is 3.19. The Morgan fingerprint density at radius 3 is 2.61 bits per heavy atom. The summed E-state index contributed by atoms with van der Waals surface area (Å²) in [5.41, 5.74) is 1.16. The lowest BCUT2D eigenvalue weighted by Crippen LogP contribution is -2.46. The van der Waals surface area contributed by atoms with Crippen LogP contribution in [0.25, 0.3) is 0 Å². The van der Waals surface area contributed by atoms with Gasteiger partial charge in [-0.15, -0.1) is 34.2 Å². The van der Waals surface area contributed by atoms with E-state index in [0.717, 1.165) is 74.7 Å². The van der Waals surface area contributed by atoms with Crippen LogP contribution >= 0.6 is 24.0 Å². The molecule has 0 bridgehead atoms. The maximum Gasteiger partial charge on any atom is 0.191 e. The van der Waals surface area contributed by atoms with Gasteiger partial charge in [0.05, 0.1) is 33.5 Å². The number of guanidine groups is 1. The number of hydrogen-bond acceptors (Lipinski definition) is 7. The second kappa shape index (κ2) is 14.2. The highest BCUT2D eigenvalue weighted by atomic mass is 127. The molecule has 1 unspecified atom stereocenters. The molecule has 1 atom stereocenters. The summed E-state index contributed by atoms with van der Waals surface area (Å²) >= 11 is 0. The van der Waals surface area contributed by atoms with E-state index >= 15 is 0 Å². The number of methoxy groups -OCH3 is 2. The Morgan fingerprint density at radius 1 is 1.18 bits per heavy atom. The van der Waals surface area contributed by atoms with Crippen molar-refractivity contribution in [2.24, 2.45) is 4.99 Å². The van der Waals surface area contributed by atoms with Gasteiger partial charge in [-0.25, -0.2) is 0 Å². The van der Waals surface area contributed by atoms with Crippen molar-refractivity contribution < 1.29 is 14.2 Å². The number of benzene rings is 1. The molecule has 11 heteroatoms. The normalized spacial score (nSPS) is 15.5. The minimum Gasteiger partial charge on any atom is -0.493 e. The Hall–Kier alpha value is -2.12. The first-order valence-corrected chi connectivity index (χ1v) is 11.0. The van der Waals surface area contributed by atoms with Gasteiger partial charge < -0.3 is 29.4 Å². The number of halogens is 1. The van der Waals surface area contributed by atoms with Crippen LogP contribution in [0, 0.1) is 0 Å². The summed E-state index contributed by atoms with van der Waals surface area (Å²) in [6, 6.07) is 6.24. The summed E-state index contributed by atoms with van der Waals surface area (Å²) in [7, 11) is 5.10. The van der Waals surface area contributed by atoms with Crippen molar-refractivity contribution in [1.29, 1.82) is 0 Å². The molecule has 1 fully saturated rings. The SMILES string of the molecule is CCc1nncn1CCNC(=NC)NCC(c1ccc(OC)c(OC)c1)N1CCOCC1.I. The van der Waals surface area contributed by atoms with E-state index in [-0.39, 0.29) is 30.0 Å². The number of aryl methyl sites for hydroxylation is 1. The molecule has 0 spiro atoms. The van der Waals surface area contributed by atoms with Gasteiger partial charge in [0.25, 0.3) is 0 Å². The number of ether oxygens (including phenoxy) is 3. The van der Waals surface area contributed by atoms with E-state index in [1.165, 1.54) is 0 Å². The van der Waals surface area contributed by atoms with Crippen LogP contribution in [0.2, 0.25) is 0 Å². The largest absolute Gasteiger partial charge is 0.493 e. The minimum absolute atomic E-state index is 0. The van der Waals surface area contributed by atoms with Crippen LogP contribution in [0.15, 0.2) is 29.5 Å². The van der Waals surface area contributed by atoms with Crippen molar-refractivity contribution in [2.45, 2.75) is 25.9 Å². The highest BCUT2D eigenvalue weighted by Crippen LogP contribution is 2.32. The molecule has 33 heavy (non-hydrogen) atoms. The fourth-order valence-electron chi connectivity index (χ4n) is 3.86. The molecule has 0 aliphatic carbocycles. The Bertz CT molecular complexity index is 871. The summed E-state index contributed by atoms with van der Waals surface area (Å²) in [6.45, 7) is 7.49. The Labute approximate surface area is 213 Å². The van der Waals surface area contributed by atoms with E-state index in [1.807, 2.05) is 6.07 Å². The summed E-state index contributed by atoms with van der Waals surface area (Å²) in [4.78, 5) is 6.81. The van der Waals surface area contributed by atoms with Crippen LogP contribution in [0.1, 0.15) is 24.4 Å². The standard InChI is InChI=1S/C22H35N7O3.HI/c1-5-21-27-26-16-29(21)9-8-24-22(23-2)25-15-18(28-10-12-32-13-11-28)17-6-7-19(30-3)20(14-17)31-4;/h6-7,14,16,18H,5,8-13,15H2,1-4H3,(H2,23,24,25);1H. The topological polar surface area (TPSA) is 98.1 Å². The van der Waals surface area contributed by atoms with Crippen molar-refractivity contribution in [3.05, 3.63) is 35.9 Å². The van der Waals surface area contributed by atoms with Gasteiger partial charge >= 0.3 is 0 Å². The monoisotopic (exact) mass is 573 g/mol. The highest BCUT2D eigenvalue weighted by molar-refractivity contribution is 14.0. The average Bonchev–Trinajstić information content (AvgIpc) is 3.31. The molecule has 10 nitrogen and oxygen atoms in total. The Morgan fingerprint density at radius 2 is 1.94 bits per heavy atom. The van der Waals surface area contributed by atoms with Crippen molar-refractivity contribution in [1.82, 2.24) is 30.3 Å². The number of aliphatic imine (C=N–C) groups is 1. The van der Waals surface area contributed by atoms with Crippen LogP contribution < -0.4 is 20.1 Å². The zero-order valence-corrected chi connectivity index (χ0v) is 22.2. The van der Waals surface area contributed by atoms with Gasteiger partial charge in [-0.1, -0.05) is 13.0 Å². The van der Waals surface area contributed by atoms with Crippen LogP contribution in [0.5, 0.6) is 11.5 Å². The van der Waals surface area contributed by atoms with E-state index in [2.05, 4.69) is 54.3 Å². The summed E-state index contributed by atoms with van der Waals surface area (Å²) in [5, 5.41) is 15.0. The molecule has 0 saturated carbocycles. The third kappa shape index (κ3) is 7.44. The molecule has 3 rings (SSSR count). The van der Waals surface area contributed by atoms with Gasteiger partial charge in [0.2, 0.25) is 0 Å². The van der Waals surface area contributed by atoms with E-state index < -0.39 is 0 Å². The lowest BCUT2D eigenvalue weighted by molar-refractivity contribution is 0.0169. The maximum atomic E-state index is 5.57. The molecule has 1 aromatic carbocycles. The number of hydrogen-bond donors (Lipinski definition) is 2. The maximum absolute atomic E-state index is 5.57. The number of nitrogens with one attached hydrogen (secondary N) is 2. The van der Waals surface area contributed by atoms with Crippen molar-refractivity contribution in [3.63, 3.8) is 0 Å². The highest BCUT2D eigenvalue weighted by Gasteiger charge is 2.24. The number of nitrogens with zero attached hydrogens (tertiary/aromatic N) is 5. The number of morpholine rings is 1. The minimum atomic E-state index is 0. The van der Waals surface area contributed by atoms with Gasteiger partial charge in [-0.2, -0.15) is 0 Å². The van der Waals surface area contributed by atoms with E-state index in [9.17, 15) is 0 Å². The van der Waals surface area contributed by atoms with Crippen molar-refractivity contribution in [3.8, 4) is 11.5 Å². The summed E-state index contributed by atoms with van der Waals surface area (Å²) < 4.78 is 18.6. The molecule has 1 aromatic heterocycles. The first-order chi connectivity index (χ1) is 15.7. The second-order valence-corrected chi connectivity index (χ2v) is 7.45. The molecular formula is C22H36IN7O3. The Balaban J connectivity index is 0.00000385. The third-order valence-electron chi connectivity index (χ3n) is 5.62. The molecular weight excluding hydrogens is 537 g/mol. The molecule has 2 aromatic rings. The van der Waals surface area contributed by atoms with Gasteiger partial charge in [0.15, 0.2) is 17.5 Å². The first kappa shape index (κ1) is 27.1. The molecule has 0 radical (unpaired) electrons. The van der Waals surface area contributed by atoms with E-state index in [1.54, 1.807) is 27.6 Å². The predicted molar refractivity (Wildman–Crippen MR) is 139 cm³/mol. The van der Waals surface area contributed by atoms with Crippen LogP contribution in [-0.4, -0.2) is 86.3 Å². The Kier molecular flexibility index (Phi) is 11.7. The van der Waals surface area contributed by atoms with E-state index in [4.69, 9.17) is 14.2 Å². The molecule has 2 heterocycles. The fraction of sp³-hybridized carbons (Fsp3) is 0.591. The van der Waals surface area contributed by atoms with Crippen LogP contribution in [0.3, 0.4) is 0 Å². The second-order valence-electron chi connectivity index (χ2n) is 7.45. The average molecular weight is 573 g/mol. The van der Waals surface area contributed by atoms with Crippen molar-refractivity contribution in [2.75, 3.05) is 60.7 Å². The molecule has 184 valence electrons. The quantitative estimate of drug-likeness (QED) is 0.252. The third-order valence-corrected chi connectivity index (χ3v) is 5.62. The fourth-order valence-corrected chi connectivity index (χ4v) is 3.86. The lowest BCUT2D eigenvalue weighted by atomic mass is 10.0. The molecule has 1 aliphatic heterocycles. The molecule has 1 saturated heterocycles. The van der Waals surface area contributed by atoms with Crippen LogP contribution in [0.4, 0.5) is 0 Å². The van der Waals surface area contributed by atoms with Crippen molar-refractivity contribution >= 4 is 29.9 Å². The first-order valence-electron chi connectivity index (χ1n) is 11.0. The predicted octanol–water partition coefficient (Wildman–Crippen LogP) is 1.71. The van der Waals surface area contributed by atoms with Gasteiger partial charge in [-0.3, -0.25) is 9.89 Å². The van der Waals surface area contributed by atoms with E-state index in [0.29, 0.717) is 6.54 Å². The van der Waals surface area contributed by atoms with Gasteiger partial charge in [0.1, 0.15) is 12.2 Å². The smallest absolute Gasteiger partial charge is 0.191 e. The molecule has 0 amide bonds. The lowest BCUT2D eigenvalue weighted by Gasteiger charge is -2.35. The number of rotatable bonds is 10. The number of aromatic nitrogens is 3. The zero-order chi connectivity index (χ0) is 22.8. The van der Waals surface area contributed by atoms with Gasteiger partial charge in [-0.05, 0) is 17.7 Å². The summed E-state index contributed by atoms with van der Waals surface area (Å²) in [6.07, 6.45) is 2.63. The molecule has 1 aliphatic rings. The zero-order valence-electron chi connectivity index (χ0n) is 19.9.